The van der Waals surface area contributed by atoms with Crippen molar-refractivity contribution in [3.05, 3.63) is 53.7 Å². The summed E-state index contributed by atoms with van der Waals surface area (Å²) in [4.78, 5) is 6.90. The van der Waals surface area contributed by atoms with Gasteiger partial charge in [-0.15, -0.1) is 0 Å². The van der Waals surface area contributed by atoms with Crippen molar-refractivity contribution >= 4 is 40.3 Å². The third-order valence-corrected chi connectivity index (χ3v) is 3.07. The minimum absolute atomic E-state index is 0.495. The number of thiocarbonyl (C=S) groups is 1. The summed E-state index contributed by atoms with van der Waals surface area (Å²) in [6.45, 7) is 0.688. The van der Waals surface area contributed by atoms with Gasteiger partial charge in [-0.05, 0) is 24.3 Å². The molecule has 0 fully saturated rings. The number of anilines is 2. The topological polar surface area (TPSA) is 42.1 Å². The van der Waals surface area contributed by atoms with Crippen molar-refractivity contribution in [1.29, 1.82) is 0 Å². The van der Waals surface area contributed by atoms with Crippen LogP contribution in [0.15, 0.2) is 48.7 Å². The molecule has 0 unspecified atom stereocenters. The lowest BCUT2D eigenvalue weighted by Gasteiger charge is -2.23. The first kappa shape index (κ1) is 13.8. The van der Waals surface area contributed by atoms with Gasteiger partial charge in [-0.25, -0.2) is 4.98 Å². The number of halogens is 1. The van der Waals surface area contributed by atoms with Crippen LogP contribution >= 0.6 is 23.8 Å². The molecule has 1 aromatic carbocycles. The quantitative estimate of drug-likeness (QED) is 0.856. The summed E-state index contributed by atoms with van der Waals surface area (Å²) in [5.41, 5.74) is 6.63. The van der Waals surface area contributed by atoms with E-state index >= 15 is 0 Å². The number of benzene rings is 1. The van der Waals surface area contributed by atoms with Crippen LogP contribution in [0.4, 0.5) is 11.5 Å². The van der Waals surface area contributed by atoms with Crippen molar-refractivity contribution in [2.45, 2.75) is 6.42 Å². The largest absolute Gasteiger partial charge is 0.393 e. The summed E-state index contributed by atoms with van der Waals surface area (Å²) in [6, 6.07) is 13.7. The van der Waals surface area contributed by atoms with E-state index in [1.807, 2.05) is 42.5 Å². The average molecular weight is 292 g/mol. The Morgan fingerprint density at radius 2 is 1.95 bits per heavy atom. The van der Waals surface area contributed by atoms with Gasteiger partial charge < -0.3 is 10.6 Å². The van der Waals surface area contributed by atoms with Gasteiger partial charge >= 0.3 is 0 Å². The molecule has 0 aliphatic rings. The van der Waals surface area contributed by atoms with Crippen LogP contribution < -0.4 is 10.6 Å². The van der Waals surface area contributed by atoms with E-state index in [-0.39, 0.29) is 0 Å². The number of nitrogens with two attached hydrogens (primary N) is 1. The van der Waals surface area contributed by atoms with Crippen molar-refractivity contribution in [2.24, 2.45) is 5.73 Å². The second kappa shape index (κ2) is 6.50. The molecular weight excluding hydrogens is 278 g/mol. The fourth-order valence-corrected chi connectivity index (χ4v) is 1.94. The van der Waals surface area contributed by atoms with Gasteiger partial charge in [0.2, 0.25) is 0 Å². The first-order valence-corrected chi connectivity index (χ1v) is 6.68. The monoisotopic (exact) mass is 291 g/mol. The van der Waals surface area contributed by atoms with Crippen molar-refractivity contribution in [3.8, 4) is 0 Å². The molecule has 0 amide bonds. The van der Waals surface area contributed by atoms with Crippen LogP contribution in [0.2, 0.25) is 5.02 Å². The molecule has 0 bridgehead atoms. The number of nitrogens with zero attached hydrogens (tertiary/aromatic N) is 2. The van der Waals surface area contributed by atoms with Crippen LogP contribution in [0.1, 0.15) is 6.42 Å². The maximum absolute atomic E-state index is 5.87. The minimum Gasteiger partial charge on any atom is -0.393 e. The highest BCUT2D eigenvalue weighted by atomic mass is 35.5. The van der Waals surface area contributed by atoms with Crippen LogP contribution in [0, 0.1) is 0 Å². The highest BCUT2D eigenvalue weighted by molar-refractivity contribution is 7.80. The number of pyridine rings is 1. The molecular formula is C14H14ClN3S. The number of hydrogen-bond acceptors (Lipinski definition) is 3. The first-order chi connectivity index (χ1) is 9.16. The van der Waals surface area contributed by atoms with E-state index in [9.17, 15) is 0 Å². The van der Waals surface area contributed by atoms with E-state index in [1.165, 1.54) is 0 Å². The fraction of sp³-hybridized carbons (Fsp3) is 0.143. The predicted octanol–water partition coefficient (Wildman–Crippen LogP) is 3.55. The van der Waals surface area contributed by atoms with Crippen LogP contribution in [-0.2, 0) is 0 Å². The zero-order valence-electron chi connectivity index (χ0n) is 10.3. The van der Waals surface area contributed by atoms with E-state index in [2.05, 4.69) is 9.88 Å². The third kappa shape index (κ3) is 3.91. The van der Waals surface area contributed by atoms with E-state index in [4.69, 9.17) is 29.6 Å². The van der Waals surface area contributed by atoms with Gasteiger partial charge in [0, 0.05) is 24.8 Å². The molecule has 2 rings (SSSR count). The fourth-order valence-electron chi connectivity index (χ4n) is 1.73. The van der Waals surface area contributed by atoms with Gasteiger partial charge in [-0.3, -0.25) is 0 Å². The Morgan fingerprint density at radius 3 is 2.53 bits per heavy atom. The summed E-state index contributed by atoms with van der Waals surface area (Å²) >= 11 is 10.8. The Hall–Kier alpha value is -1.65. The summed E-state index contributed by atoms with van der Waals surface area (Å²) in [6.07, 6.45) is 2.27. The maximum atomic E-state index is 5.87. The molecule has 1 aromatic heterocycles. The van der Waals surface area contributed by atoms with Gasteiger partial charge in [0.05, 0.1) is 10.0 Å². The third-order valence-electron chi connectivity index (χ3n) is 2.64. The van der Waals surface area contributed by atoms with Crippen LogP contribution in [-0.4, -0.2) is 16.5 Å². The zero-order chi connectivity index (χ0) is 13.7. The summed E-state index contributed by atoms with van der Waals surface area (Å²) in [7, 11) is 0. The molecule has 1 heterocycles. The van der Waals surface area contributed by atoms with E-state index < -0.39 is 0 Å². The summed E-state index contributed by atoms with van der Waals surface area (Å²) < 4.78 is 0. The smallest absolute Gasteiger partial charge is 0.133 e. The van der Waals surface area contributed by atoms with E-state index in [0.717, 1.165) is 11.5 Å². The number of hydrogen-bond donors (Lipinski definition) is 1. The minimum atomic E-state index is 0.495. The standard InChI is InChI=1S/C14H14ClN3S/c15-11-6-7-14(17-10-11)18(9-8-13(16)19)12-4-2-1-3-5-12/h1-7,10H,8-9H2,(H2,16,19). The molecule has 0 spiro atoms. The second-order valence-corrected chi connectivity index (χ2v) is 5.00. The Labute approximate surface area is 123 Å². The Balaban J connectivity index is 2.28. The molecule has 3 nitrogen and oxygen atoms in total. The zero-order valence-corrected chi connectivity index (χ0v) is 11.9. The van der Waals surface area contributed by atoms with Crippen molar-refractivity contribution in [2.75, 3.05) is 11.4 Å². The summed E-state index contributed by atoms with van der Waals surface area (Å²) in [5.74, 6) is 0.826. The van der Waals surface area contributed by atoms with Crippen molar-refractivity contribution in [3.63, 3.8) is 0 Å². The first-order valence-electron chi connectivity index (χ1n) is 5.89. The van der Waals surface area contributed by atoms with Gasteiger partial charge in [-0.2, -0.15) is 0 Å². The Morgan fingerprint density at radius 1 is 1.21 bits per heavy atom. The molecule has 0 saturated carbocycles. The lowest BCUT2D eigenvalue weighted by molar-refractivity contribution is 0.944. The molecule has 0 saturated heterocycles. The normalized spacial score (nSPS) is 10.2. The van der Waals surface area contributed by atoms with Crippen molar-refractivity contribution < 1.29 is 0 Å². The summed E-state index contributed by atoms with van der Waals surface area (Å²) in [5, 5.41) is 0.617. The van der Waals surface area contributed by atoms with Gasteiger partial charge in [-0.1, -0.05) is 42.0 Å². The average Bonchev–Trinajstić information content (AvgIpc) is 2.42. The molecule has 0 radical (unpaired) electrons. The maximum Gasteiger partial charge on any atom is 0.133 e. The van der Waals surface area contributed by atoms with Crippen LogP contribution in [0.3, 0.4) is 0 Å². The van der Waals surface area contributed by atoms with Crippen LogP contribution in [0.25, 0.3) is 0 Å². The van der Waals surface area contributed by atoms with E-state index in [0.29, 0.717) is 23.0 Å². The molecule has 0 aliphatic carbocycles. The van der Waals surface area contributed by atoms with Gasteiger partial charge in [0.15, 0.2) is 0 Å². The highest BCUT2D eigenvalue weighted by Crippen LogP contribution is 2.24. The Kier molecular flexibility index (Phi) is 4.71. The SMILES string of the molecule is NC(=S)CCN(c1ccccc1)c1ccc(Cl)cn1. The molecule has 2 N–H and O–H groups in total. The Bertz CT molecular complexity index is 542. The number of rotatable bonds is 5. The van der Waals surface area contributed by atoms with Crippen LogP contribution in [0.5, 0.6) is 0 Å². The number of aromatic nitrogens is 1. The lowest BCUT2D eigenvalue weighted by Crippen LogP contribution is -2.23. The predicted molar refractivity (Wildman–Crippen MR) is 84.1 cm³/mol. The number of para-hydroxylation sites is 1. The highest BCUT2D eigenvalue weighted by Gasteiger charge is 2.10. The molecule has 2 aromatic rings. The molecule has 5 heteroatoms. The molecule has 0 atom stereocenters. The van der Waals surface area contributed by atoms with Crippen molar-refractivity contribution in [1.82, 2.24) is 4.98 Å². The second-order valence-electron chi connectivity index (χ2n) is 4.04. The molecule has 0 aliphatic heterocycles. The van der Waals surface area contributed by atoms with E-state index in [1.54, 1.807) is 6.20 Å². The lowest BCUT2D eigenvalue weighted by atomic mass is 10.2. The van der Waals surface area contributed by atoms with Gasteiger partial charge in [0.25, 0.3) is 0 Å². The molecule has 98 valence electrons. The van der Waals surface area contributed by atoms with Gasteiger partial charge in [0.1, 0.15) is 5.82 Å². The molecule has 19 heavy (non-hydrogen) atoms.